The molecular weight excluding hydrogens is 230 g/mol. The van der Waals surface area contributed by atoms with Crippen LogP contribution in [-0.2, 0) is 0 Å². The van der Waals surface area contributed by atoms with Crippen molar-refractivity contribution in [2.24, 2.45) is 5.73 Å². The van der Waals surface area contributed by atoms with Gasteiger partial charge < -0.3 is 11.1 Å². The first-order valence-corrected chi connectivity index (χ1v) is 5.40. The van der Waals surface area contributed by atoms with Gasteiger partial charge in [0, 0.05) is 23.2 Å². The summed E-state index contributed by atoms with van der Waals surface area (Å²) in [7, 11) is 0. The van der Waals surface area contributed by atoms with Crippen molar-refractivity contribution >= 4 is 23.0 Å². The summed E-state index contributed by atoms with van der Waals surface area (Å²) in [6.07, 6.45) is 1.69. The molecule has 1 saturated carbocycles. The van der Waals surface area contributed by atoms with E-state index < -0.39 is 4.92 Å². The highest BCUT2D eigenvalue weighted by atomic mass is 35.5. The number of nitrogens with zero attached hydrogens (tertiary/aromatic N) is 1. The monoisotopic (exact) mass is 241 g/mol. The maximum Gasteiger partial charge on any atom is 0.293 e. The lowest BCUT2D eigenvalue weighted by molar-refractivity contribution is -0.384. The molecule has 1 aliphatic rings. The number of rotatable bonds is 3. The van der Waals surface area contributed by atoms with Gasteiger partial charge in [-0.05, 0) is 25.0 Å². The first kappa shape index (κ1) is 11.2. The molecule has 86 valence electrons. The van der Waals surface area contributed by atoms with Gasteiger partial charge in [-0.2, -0.15) is 0 Å². The third kappa shape index (κ3) is 2.25. The molecule has 2 rings (SSSR count). The Labute approximate surface area is 97.7 Å². The molecule has 1 aromatic rings. The van der Waals surface area contributed by atoms with Crippen molar-refractivity contribution in [3.63, 3.8) is 0 Å². The van der Waals surface area contributed by atoms with Crippen LogP contribution in [0.5, 0.6) is 0 Å². The summed E-state index contributed by atoms with van der Waals surface area (Å²) in [5.74, 6) is 0. The summed E-state index contributed by atoms with van der Waals surface area (Å²) in [6, 6.07) is 5.06. The fraction of sp³-hybridized carbons (Fsp3) is 0.400. The van der Waals surface area contributed by atoms with Crippen molar-refractivity contribution < 1.29 is 4.92 Å². The number of hydrogen-bond acceptors (Lipinski definition) is 4. The van der Waals surface area contributed by atoms with E-state index in [1.54, 1.807) is 12.1 Å². The Morgan fingerprint density at radius 3 is 2.75 bits per heavy atom. The van der Waals surface area contributed by atoms with Crippen LogP contribution in [0, 0.1) is 10.1 Å². The Balaban J connectivity index is 2.16. The number of anilines is 1. The Kier molecular flexibility index (Phi) is 2.98. The highest BCUT2D eigenvalue weighted by Crippen LogP contribution is 2.31. The summed E-state index contributed by atoms with van der Waals surface area (Å²) in [5, 5.41) is 14.3. The van der Waals surface area contributed by atoms with E-state index >= 15 is 0 Å². The molecule has 6 heteroatoms. The van der Waals surface area contributed by atoms with E-state index in [4.69, 9.17) is 17.3 Å². The molecule has 0 atom stereocenters. The van der Waals surface area contributed by atoms with E-state index in [9.17, 15) is 10.1 Å². The van der Waals surface area contributed by atoms with Crippen LogP contribution in [0.1, 0.15) is 12.8 Å². The van der Waals surface area contributed by atoms with Gasteiger partial charge in [0.25, 0.3) is 5.69 Å². The Hall–Kier alpha value is -1.33. The number of hydrogen-bond donors (Lipinski definition) is 2. The molecule has 0 unspecified atom stereocenters. The number of benzene rings is 1. The molecule has 1 aromatic carbocycles. The van der Waals surface area contributed by atoms with Gasteiger partial charge in [-0.1, -0.05) is 11.6 Å². The minimum atomic E-state index is -0.438. The molecule has 0 spiro atoms. The smallest absolute Gasteiger partial charge is 0.293 e. The fourth-order valence-corrected chi connectivity index (χ4v) is 1.94. The van der Waals surface area contributed by atoms with Crippen LogP contribution in [-0.4, -0.2) is 17.0 Å². The van der Waals surface area contributed by atoms with Crippen LogP contribution >= 0.6 is 11.6 Å². The molecule has 1 fully saturated rings. The number of nitrogens with two attached hydrogens (primary N) is 1. The first-order valence-electron chi connectivity index (χ1n) is 5.02. The second kappa shape index (κ2) is 4.27. The molecule has 0 heterocycles. The zero-order chi connectivity index (χ0) is 11.7. The SMILES string of the molecule is NC1CC(Nc2ccc(Cl)cc2[N+](=O)[O-])C1. The van der Waals surface area contributed by atoms with Gasteiger partial charge in [-0.25, -0.2) is 0 Å². The quantitative estimate of drug-likeness (QED) is 0.628. The van der Waals surface area contributed by atoms with Gasteiger partial charge in [0.2, 0.25) is 0 Å². The lowest BCUT2D eigenvalue weighted by atomic mass is 9.87. The second-order valence-electron chi connectivity index (χ2n) is 3.99. The largest absolute Gasteiger partial charge is 0.377 e. The average Bonchev–Trinajstić information content (AvgIpc) is 2.17. The van der Waals surface area contributed by atoms with Crippen LogP contribution in [0.2, 0.25) is 5.02 Å². The second-order valence-corrected chi connectivity index (χ2v) is 4.43. The fourth-order valence-electron chi connectivity index (χ4n) is 1.78. The summed E-state index contributed by atoms with van der Waals surface area (Å²) in [6.45, 7) is 0. The van der Waals surface area contributed by atoms with Crippen LogP contribution in [0.3, 0.4) is 0 Å². The topological polar surface area (TPSA) is 81.2 Å². The van der Waals surface area contributed by atoms with E-state index in [-0.39, 0.29) is 17.8 Å². The molecule has 0 bridgehead atoms. The summed E-state index contributed by atoms with van der Waals surface area (Å²) >= 11 is 5.72. The van der Waals surface area contributed by atoms with E-state index in [0.717, 1.165) is 12.8 Å². The zero-order valence-electron chi connectivity index (χ0n) is 8.52. The molecule has 0 aliphatic heterocycles. The number of nitro groups is 1. The Morgan fingerprint density at radius 2 is 2.19 bits per heavy atom. The predicted molar refractivity (Wildman–Crippen MR) is 62.7 cm³/mol. The van der Waals surface area contributed by atoms with E-state index in [1.165, 1.54) is 6.07 Å². The minimum Gasteiger partial charge on any atom is -0.377 e. The Morgan fingerprint density at radius 1 is 1.50 bits per heavy atom. The van der Waals surface area contributed by atoms with E-state index in [0.29, 0.717) is 10.7 Å². The van der Waals surface area contributed by atoms with Gasteiger partial charge in [0.15, 0.2) is 0 Å². The van der Waals surface area contributed by atoms with Crippen molar-refractivity contribution in [1.82, 2.24) is 0 Å². The van der Waals surface area contributed by atoms with Gasteiger partial charge in [0.05, 0.1) is 4.92 Å². The number of nitrogens with one attached hydrogen (secondary N) is 1. The summed E-state index contributed by atoms with van der Waals surface area (Å²) in [4.78, 5) is 10.4. The molecule has 0 saturated heterocycles. The molecular formula is C10H12ClN3O2. The van der Waals surface area contributed by atoms with Gasteiger partial charge in [-0.3, -0.25) is 10.1 Å². The average molecular weight is 242 g/mol. The molecule has 3 N–H and O–H groups in total. The first-order chi connectivity index (χ1) is 7.56. The van der Waals surface area contributed by atoms with Crippen molar-refractivity contribution in [1.29, 1.82) is 0 Å². The summed E-state index contributed by atoms with van der Waals surface area (Å²) in [5.41, 5.74) is 6.16. The standard InChI is InChI=1S/C10H12ClN3O2/c11-6-1-2-9(10(3-6)14(15)16)13-8-4-7(12)5-8/h1-3,7-8,13H,4-5,12H2. The zero-order valence-corrected chi connectivity index (χ0v) is 9.28. The van der Waals surface area contributed by atoms with Crippen molar-refractivity contribution in [3.05, 3.63) is 33.3 Å². The van der Waals surface area contributed by atoms with Crippen LogP contribution in [0.25, 0.3) is 0 Å². The van der Waals surface area contributed by atoms with Gasteiger partial charge in [-0.15, -0.1) is 0 Å². The highest BCUT2D eigenvalue weighted by molar-refractivity contribution is 6.30. The van der Waals surface area contributed by atoms with E-state index in [2.05, 4.69) is 5.32 Å². The number of nitro benzene ring substituents is 1. The lowest BCUT2D eigenvalue weighted by Gasteiger charge is -2.33. The molecule has 0 radical (unpaired) electrons. The van der Waals surface area contributed by atoms with Crippen LogP contribution < -0.4 is 11.1 Å². The predicted octanol–water partition coefficient (Wildman–Crippen LogP) is 2.15. The highest BCUT2D eigenvalue weighted by Gasteiger charge is 2.27. The normalized spacial score (nSPS) is 23.6. The molecule has 1 aliphatic carbocycles. The molecule has 0 amide bonds. The van der Waals surface area contributed by atoms with Crippen molar-refractivity contribution in [2.45, 2.75) is 24.9 Å². The maximum absolute atomic E-state index is 10.8. The maximum atomic E-state index is 10.8. The van der Waals surface area contributed by atoms with E-state index in [1.807, 2.05) is 0 Å². The molecule has 0 aromatic heterocycles. The third-order valence-electron chi connectivity index (χ3n) is 2.69. The van der Waals surface area contributed by atoms with Crippen molar-refractivity contribution in [2.75, 3.05) is 5.32 Å². The lowest BCUT2D eigenvalue weighted by Crippen LogP contribution is -2.44. The third-order valence-corrected chi connectivity index (χ3v) is 2.93. The molecule has 16 heavy (non-hydrogen) atoms. The molecule has 5 nitrogen and oxygen atoms in total. The van der Waals surface area contributed by atoms with Crippen LogP contribution in [0.15, 0.2) is 18.2 Å². The number of halogens is 1. The van der Waals surface area contributed by atoms with Gasteiger partial charge in [0.1, 0.15) is 5.69 Å². The summed E-state index contributed by atoms with van der Waals surface area (Å²) < 4.78 is 0. The minimum absolute atomic E-state index is 0.00738. The van der Waals surface area contributed by atoms with Crippen molar-refractivity contribution in [3.8, 4) is 0 Å². The van der Waals surface area contributed by atoms with Gasteiger partial charge >= 0.3 is 0 Å². The Bertz CT molecular complexity index is 419. The van der Waals surface area contributed by atoms with Crippen LogP contribution in [0.4, 0.5) is 11.4 Å².